The van der Waals surface area contributed by atoms with Crippen molar-refractivity contribution >= 4 is 11.8 Å². The molecular formula is C22H29N3O3. The summed E-state index contributed by atoms with van der Waals surface area (Å²) in [4.78, 5) is 13.8. The van der Waals surface area contributed by atoms with Crippen molar-refractivity contribution in [2.45, 2.75) is 47.5 Å². The number of hydrogen-bond acceptors (Lipinski definition) is 6. The molecule has 1 heterocycles. The van der Waals surface area contributed by atoms with Gasteiger partial charge in [0.1, 0.15) is 11.6 Å². The summed E-state index contributed by atoms with van der Waals surface area (Å²) in [5, 5.41) is 15.1. The summed E-state index contributed by atoms with van der Waals surface area (Å²) in [6, 6.07) is 3.51. The molecule has 0 amide bonds. The van der Waals surface area contributed by atoms with Crippen LogP contribution in [0.4, 0.5) is 0 Å². The molecule has 2 N–H and O–H groups in total. The molecule has 2 rings (SSSR count). The Kier molecular flexibility index (Phi) is 7.04. The molecule has 0 atom stereocenters. The van der Waals surface area contributed by atoms with E-state index >= 15 is 0 Å². The standard InChI is InChI=1S/C22H29N3O3/c1-7-10-19(14(4)5)25-15(6)23-24-22(25)18-11-16(8-2)17(12-20(18)26)13-21(27)28-9-3/h7,10-12,23,26H,6,8-9,13H2,1-5H3/b10-7-. The molecule has 0 radical (unpaired) electrons. The lowest BCUT2D eigenvalue weighted by Crippen LogP contribution is -2.27. The molecule has 28 heavy (non-hydrogen) atoms. The number of aryl methyl sites for hydroxylation is 1. The van der Waals surface area contributed by atoms with Crippen molar-refractivity contribution < 1.29 is 14.6 Å². The van der Waals surface area contributed by atoms with Crippen molar-refractivity contribution in [2.75, 3.05) is 6.61 Å². The fraction of sp³-hybridized carbons (Fsp3) is 0.364. The fourth-order valence-corrected chi connectivity index (χ4v) is 3.12. The Morgan fingerprint density at radius 3 is 2.61 bits per heavy atom. The number of benzene rings is 1. The second-order valence-electron chi connectivity index (χ2n) is 6.69. The first kappa shape index (κ1) is 21.3. The van der Waals surface area contributed by atoms with Crippen LogP contribution in [-0.4, -0.2) is 28.4 Å². The minimum absolute atomic E-state index is 0.0605. The van der Waals surface area contributed by atoms with Crippen molar-refractivity contribution in [2.24, 2.45) is 5.10 Å². The SMILES string of the molecule is C=C1NN=C(c2cc(CC)c(CC(=O)OCC)cc2O)N1C(/C=C\C)=C(C)C. The third-order valence-corrected chi connectivity index (χ3v) is 4.43. The largest absolute Gasteiger partial charge is 0.507 e. The first-order chi connectivity index (χ1) is 13.3. The lowest BCUT2D eigenvalue weighted by molar-refractivity contribution is -0.142. The first-order valence-electron chi connectivity index (χ1n) is 9.47. The number of amidine groups is 1. The minimum Gasteiger partial charge on any atom is -0.507 e. The van der Waals surface area contributed by atoms with Crippen LogP contribution in [0.1, 0.15) is 51.3 Å². The smallest absolute Gasteiger partial charge is 0.310 e. The second kappa shape index (κ2) is 9.26. The zero-order valence-corrected chi connectivity index (χ0v) is 17.3. The number of hydrazone groups is 1. The highest BCUT2D eigenvalue weighted by Gasteiger charge is 2.28. The summed E-state index contributed by atoms with van der Waals surface area (Å²) < 4.78 is 5.04. The average Bonchev–Trinajstić information content (AvgIpc) is 3.01. The van der Waals surface area contributed by atoms with Gasteiger partial charge >= 0.3 is 5.97 Å². The maximum absolute atomic E-state index is 11.9. The van der Waals surface area contributed by atoms with Crippen molar-refractivity contribution in [1.82, 2.24) is 10.3 Å². The highest BCUT2D eigenvalue weighted by molar-refractivity contribution is 6.04. The summed E-state index contributed by atoms with van der Waals surface area (Å²) in [7, 11) is 0. The van der Waals surface area contributed by atoms with E-state index in [0.717, 1.165) is 22.4 Å². The molecule has 1 aliphatic heterocycles. The molecule has 1 aromatic rings. The Hall–Kier alpha value is -3.02. The van der Waals surface area contributed by atoms with Crippen molar-refractivity contribution in [3.8, 4) is 5.75 Å². The van der Waals surface area contributed by atoms with Crippen LogP contribution in [0.2, 0.25) is 0 Å². The van der Waals surface area contributed by atoms with Crippen LogP contribution in [-0.2, 0) is 22.4 Å². The number of esters is 1. The zero-order valence-electron chi connectivity index (χ0n) is 17.3. The molecular weight excluding hydrogens is 354 g/mol. The van der Waals surface area contributed by atoms with Gasteiger partial charge in [-0.1, -0.05) is 25.2 Å². The van der Waals surface area contributed by atoms with Crippen LogP contribution in [0.3, 0.4) is 0 Å². The Morgan fingerprint density at radius 1 is 1.32 bits per heavy atom. The molecule has 0 unspecified atom stereocenters. The molecule has 1 aliphatic rings. The van der Waals surface area contributed by atoms with Crippen molar-refractivity contribution in [3.05, 3.63) is 64.6 Å². The predicted octanol–water partition coefficient (Wildman–Crippen LogP) is 3.97. The van der Waals surface area contributed by atoms with Crippen LogP contribution in [0, 0.1) is 0 Å². The fourth-order valence-electron chi connectivity index (χ4n) is 3.12. The minimum atomic E-state index is -0.306. The molecule has 150 valence electrons. The molecule has 6 nitrogen and oxygen atoms in total. The van der Waals surface area contributed by atoms with Crippen LogP contribution >= 0.6 is 0 Å². The molecule has 6 heteroatoms. The van der Waals surface area contributed by atoms with Gasteiger partial charge in [0, 0.05) is 5.70 Å². The summed E-state index contributed by atoms with van der Waals surface area (Å²) in [6.45, 7) is 14.1. The highest BCUT2D eigenvalue weighted by Crippen LogP contribution is 2.31. The summed E-state index contributed by atoms with van der Waals surface area (Å²) in [5.41, 5.74) is 7.23. The number of carbonyl (C=O) groups is 1. The maximum atomic E-state index is 11.9. The van der Waals surface area contributed by atoms with Gasteiger partial charge in [0.15, 0.2) is 5.84 Å². The Bertz CT molecular complexity index is 862. The number of carbonyl (C=O) groups excluding carboxylic acids is 1. The lowest BCUT2D eigenvalue weighted by Gasteiger charge is -2.24. The summed E-state index contributed by atoms with van der Waals surface area (Å²) in [6.07, 6.45) is 4.78. The number of phenols is 1. The number of aromatic hydroxyl groups is 1. The van der Waals surface area contributed by atoms with Crippen LogP contribution in [0.15, 0.2) is 53.1 Å². The van der Waals surface area contributed by atoms with E-state index in [2.05, 4.69) is 17.1 Å². The number of hydrogen-bond donors (Lipinski definition) is 2. The second-order valence-corrected chi connectivity index (χ2v) is 6.69. The van der Waals surface area contributed by atoms with E-state index < -0.39 is 0 Å². The van der Waals surface area contributed by atoms with Crippen molar-refractivity contribution in [3.63, 3.8) is 0 Å². The predicted molar refractivity (Wildman–Crippen MR) is 112 cm³/mol. The highest BCUT2D eigenvalue weighted by atomic mass is 16.5. The number of rotatable bonds is 7. The molecule has 0 saturated heterocycles. The number of ether oxygens (including phenoxy) is 1. The topological polar surface area (TPSA) is 74.2 Å². The molecule has 1 aromatic carbocycles. The summed E-state index contributed by atoms with van der Waals surface area (Å²) in [5.74, 6) is 0.927. The average molecular weight is 383 g/mol. The van der Waals surface area contributed by atoms with Gasteiger partial charge in [0.25, 0.3) is 0 Å². The number of nitrogens with one attached hydrogen (secondary N) is 1. The van der Waals surface area contributed by atoms with E-state index in [-0.39, 0.29) is 18.1 Å². The van der Waals surface area contributed by atoms with E-state index in [1.165, 1.54) is 0 Å². The van der Waals surface area contributed by atoms with Gasteiger partial charge in [0.2, 0.25) is 0 Å². The molecule has 0 aromatic heterocycles. The molecule has 0 aliphatic carbocycles. The molecule has 0 spiro atoms. The first-order valence-corrected chi connectivity index (χ1v) is 9.47. The quantitative estimate of drug-likeness (QED) is 0.550. The lowest BCUT2D eigenvalue weighted by atomic mass is 9.97. The Morgan fingerprint density at radius 2 is 2.04 bits per heavy atom. The molecule has 0 bridgehead atoms. The van der Waals surface area contributed by atoms with E-state index in [9.17, 15) is 9.90 Å². The van der Waals surface area contributed by atoms with Gasteiger partial charge in [-0.25, -0.2) is 0 Å². The van der Waals surface area contributed by atoms with Gasteiger partial charge in [-0.2, -0.15) is 5.10 Å². The van der Waals surface area contributed by atoms with Gasteiger partial charge < -0.3 is 9.84 Å². The Labute approximate surface area is 166 Å². The molecule has 0 saturated carbocycles. The van der Waals surface area contributed by atoms with E-state index in [0.29, 0.717) is 30.2 Å². The third-order valence-electron chi connectivity index (χ3n) is 4.43. The van der Waals surface area contributed by atoms with E-state index in [4.69, 9.17) is 4.74 Å². The Balaban J connectivity index is 2.50. The van der Waals surface area contributed by atoms with E-state index in [1.807, 2.05) is 50.8 Å². The number of nitrogens with zero attached hydrogens (tertiary/aromatic N) is 2. The summed E-state index contributed by atoms with van der Waals surface area (Å²) >= 11 is 0. The van der Waals surface area contributed by atoms with Gasteiger partial charge in [0.05, 0.1) is 18.6 Å². The van der Waals surface area contributed by atoms with Gasteiger partial charge in [-0.3, -0.25) is 15.1 Å². The van der Waals surface area contributed by atoms with E-state index in [1.54, 1.807) is 13.0 Å². The van der Waals surface area contributed by atoms with Crippen LogP contribution < -0.4 is 5.43 Å². The molecule has 0 fully saturated rings. The van der Waals surface area contributed by atoms with Crippen LogP contribution in [0.25, 0.3) is 0 Å². The van der Waals surface area contributed by atoms with Crippen LogP contribution in [0.5, 0.6) is 5.75 Å². The van der Waals surface area contributed by atoms with Gasteiger partial charge in [-0.15, -0.1) is 0 Å². The number of phenolic OH excluding ortho intramolecular Hbond substituents is 1. The maximum Gasteiger partial charge on any atom is 0.310 e. The monoisotopic (exact) mass is 383 g/mol. The third kappa shape index (κ3) is 4.44. The number of allylic oxidation sites excluding steroid dienone is 3. The normalized spacial score (nSPS) is 13.5. The van der Waals surface area contributed by atoms with Gasteiger partial charge in [-0.05, 0) is 63.5 Å². The van der Waals surface area contributed by atoms with Crippen molar-refractivity contribution in [1.29, 1.82) is 0 Å². The zero-order chi connectivity index (χ0) is 20.8.